The molecule has 0 spiro atoms. The summed E-state index contributed by atoms with van der Waals surface area (Å²) in [6, 6.07) is 23.3. The van der Waals surface area contributed by atoms with Gasteiger partial charge >= 0.3 is 0 Å². The lowest BCUT2D eigenvalue weighted by molar-refractivity contribution is -0.116. The van der Waals surface area contributed by atoms with Crippen molar-refractivity contribution in [2.24, 2.45) is 0 Å². The van der Waals surface area contributed by atoms with Crippen LogP contribution in [0.2, 0.25) is 0 Å². The van der Waals surface area contributed by atoms with Crippen molar-refractivity contribution < 1.29 is 14.3 Å². The number of nitrogens with zero attached hydrogens (tertiary/aromatic N) is 5. The maximum Gasteiger partial charge on any atom is 0.246 e. The van der Waals surface area contributed by atoms with E-state index in [1.165, 1.54) is 16.0 Å². The van der Waals surface area contributed by atoms with Crippen LogP contribution < -0.4 is 14.8 Å². The molecule has 2 N–H and O–H groups in total. The molecule has 0 unspecified atom stereocenters. The molecule has 10 nitrogen and oxygen atoms in total. The van der Waals surface area contributed by atoms with Gasteiger partial charge in [-0.25, -0.2) is 14.6 Å². The zero-order valence-electron chi connectivity index (χ0n) is 20.9. The fraction of sp³-hybridized carbons (Fsp3) is 0.107. The normalized spacial score (nSPS) is 11.0. The molecule has 11 heteroatoms. The number of aromatic amines is 1. The van der Waals surface area contributed by atoms with Gasteiger partial charge in [-0.3, -0.25) is 4.79 Å². The quantitative estimate of drug-likeness (QED) is 0.261. The molecule has 0 atom stereocenters. The van der Waals surface area contributed by atoms with E-state index >= 15 is 0 Å². The fourth-order valence-electron chi connectivity index (χ4n) is 4.03. The second-order valence-corrected chi connectivity index (χ2v) is 9.64. The number of amides is 1. The van der Waals surface area contributed by atoms with E-state index in [-0.39, 0.29) is 19.1 Å². The first-order valence-corrected chi connectivity index (χ1v) is 12.9. The number of thiazole rings is 1. The van der Waals surface area contributed by atoms with Crippen LogP contribution in [0.5, 0.6) is 11.5 Å². The lowest BCUT2D eigenvalue weighted by atomic mass is 10.2. The van der Waals surface area contributed by atoms with E-state index in [0.29, 0.717) is 22.2 Å². The zero-order chi connectivity index (χ0) is 26.6. The van der Waals surface area contributed by atoms with Gasteiger partial charge in [0.05, 0.1) is 30.5 Å². The van der Waals surface area contributed by atoms with E-state index in [1.54, 1.807) is 19.5 Å². The molecule has 0 fully saturated rings. The van der Waals surface area contributed by atoms with Crippen molar-refractivity contribution in [2.75, 3.05) is 12.4 Å². The summed E-state index contributed by atoms with van der Waals surface area (Å²) in [5.41, 5.74) is 4.32. The summed E-state index contributed by atoms with van der Waals surface area (Å²) < 4.78 is 13.0. The Morgan fingerprint density at radius 2 is 1.87 bits per heavy atom. The Balaban J connectivity index is 1.06. The summed E-state index contributed by atoms with van der Waals surface area (Å²) in [5.74, 6) is 1.65. The molecule has 0 aliphatic carbocycles. The van der Waals surface area contributed by atoms with Gasteiger partial charge in [0.2, 0.25) is 5.91 Å². The number of fused-ring (bicyclic) bond motifs is 1. The Kier molecular flexibility index (Phi) is 6.71. The standard InChI is InChI=1S/C28H23N7O3S/c1-37-24-13-19(27-30-21-9-5-6-10-22(21)31-27)11-12-23(24)38-17-20-15-35(34-33-20)16-25(36)32-26-14-29-28(39-26)18-7-3-2-4-8-18/h2-15H,16-17H2,1H3,(H,30,31)(H,32,36). The number of carbonyl (C=O) groups excluding carboxylic acids is 1. The van der Waals surface area contributed by atoms with Gasteiger partial charge in [0.1, 0.15) is 34.7 Å². The van der Waals surface area contributed by atoms with Crippen LogP contribution in [-0.2, 0) is 17.9 Å². The average Bonchev–Trinajstić information content (AvgIpc) is 3.72. The van der Waals surface area contributed by atoms with Crippen LogP contribution in [0.25, 0.3) is 33.0 Å². The number of aromatic nitrogens is 6. The number of imidazole rings is 1. The summed E-state index contributed by atoms with van der Waals surface area (Å²) in [6.07, 6.45) is 3.33. The Hall–Kier alpha value is -5.03. The van der Waals surface area contributed by atoms with Crippen molar-refractivity contribution in [3.63, 3.8) is 0 Å². The number of hydrogen-bond donors (Lipinski definition) is 2. The van der Waals surface area contributed by atoms with Crippen molar-refractivity contribution in [2.45, 2.75) is 13.2 Å². The van der Waals surface area contributed by atoms with E-state index in [0.717, 1.165) is 33.0 Å². The largest absolute Gasteiger partial charge is 0.493 e. The number of rotatable bonds is 9. The zero-order valence-corrected chi connectivity index (χ0v) is 21.7. The first kappa shape index (κ1) is 24.3. The molecule has 0 radical (unpaired) electrons. The van der Waals surface area contributed by atoms with Gasteiger partial charge in [0, 0.05) is 11.1 Å². The molecule has 3 aromatic heterocycles. The van der Waals surface area contributed by atoms with Crippen LogP contribution in [0.3, 0.4) is 0 Å². The van der Waals surface area contributed by atoms with Gasteiger partial charge < -0.3 is 19.8 Å². The van der Waals surface area contributed by atoms with Crippen molar-refractivity contribution in [3.05, 3.63) is 90.9 Å². The summed E-state index contributed by atoms with van der Waals surface area (Å²) in [6.45, 7) is 0.179. The summed E-state index contributed by atoms with van der Waals surface area (Å²) in [5, 5.41) is 12.5. The molecule has 6 aromatic rings. The Bertz CT molecular complexity index is 1710. The molecule has 0 aliphatic rings. The maximum absolute atomic E-state index is 12.5. The molecular formula is C28H23N7O3S. The highest BCUT2D eigenvalue weighted by Gasteiger charge is 2.13. The number of carbonyl (C=O) groups is 1. The third-order valence-electron chi connectivity index (χ3n) is 5.88. The van der Waals surface area contributed by atoms with Crippen LogP contribution >= 0.6 is 11.3 Å². The lowest BCUT2D eigenvalue weighted by Gasteiger charge is -2.10. The molecule has 1 amide bonds. The van der Waals surface area contributed by atoms with E-state index < -0.39 is 0 Å². The molecule has 0 saturated heterocycles. The third-order valence-corrected chi connectivity index (χ3v) is 6.84. The molecule has 6 rings (SSSR count). The molecule has 194 valence electrons. The number of hydrogen-bond acceptors (Lipinski definition) is 8. The number of benzene rings is 3. The van der Waals surface area contributed by atoms with Gasteiger partial charge in [-0.05, 0) is 30.3 Å². The van der Waals surface area contributed by atoms with Gasteiger partial charge in [0.15, 0.2) is 11.5 Å². The molecule has 0 bridgehead atoms. The van der Waals surface area contributed by atoms with Gasteiger partial charge in [-0.2, -0.15) is 0 Å². The predicted octanol–water partition coefficient (Wildman–Crippen LogP) is 5.17. The fourth-order valence-corrected chi connectivity index (χ4v) is 4.87. The summed E-state index contributed by atoms with van der Waals surface area (Å²) in [4.78, 5) is 24.9. The van der Waals surface area contributed by atoms with E-state index in [2.05, 4.69) is 30.6 Å². The minimum atomic E-state index is -0.224. The number of para-hydroxylation sites is 2. The van der Waals surface area contributed by atoms with Gasteiger partial charge in [0.25, 0.3) is 0 Å². The lowest BCUT2D eigenvalue weighted by Crippen LogP contribution is -2.18. The first-order chi connectivity index (χ1) is 19.1. The Morgan fingerprint density at radius 3 is 2.72 bits per heavy atom. The first-order valence-electron chi connectivity index (χ1n) is 12.1. The maximum atomic E-state index is 12.5. The number of methoxy groups -OCH3 is 1. The molecule has 0 saturated carbocycles. The smallest absolute Gasteiger partial charge is 0.246 e. The number of H-pyrrole nitrogens is 1. The molecule has 3 heterocycles. The third kappa shape index (κ3) is 5.48. The van der Waals surface area contributed by atoms with E-state index in [4.69, 9.17) is 9.47 Å². The van der Waals surface area contributed by atoms with Crippen LogP contribution in [0.15, 0.2) is 85.2 Å². The molecule has 39 heavy (non-hydrogen) atoms. The highest BCUT2D eigenvalue weighted by Crippen LogP contribution is 2.33. The predicted molar refractivity (Wildman–Crippen MR) is 149 cm³/mol. The van der Waals surface area contributed by atoms with E-state index in [1.807, 2.05) is 72.8 Å². The number of ether oxygens (including phenoxy) is 2. The summed E-state index contributed by atoms with van der Waals surface area (Å²) in [7, 11) is 1.59. The van der Waals surface area contributed by atoms with Crippen molar-refractivity contribution in [3.8, 4) is 33.5 Å². The van der Waals surface area contributed by atoms with Crippen LogP contribution in [0.4, 0.5) is 5.00 Å². The highest BCUT2D eigenvalue weighted by molar-refractivity contribution is 7.19. The SMILES string of the molecule is COc1cc(-c2nc3ccccc3[nH]2)ccc1OCc1cn(CC(=O)Nc2cnc(-c3ccccc3)s2)nn1. The van der Waals surface area contributed by atoms with Crippen molar-refractivity contribution in [1.29, 1.82) is 0 Å². The second-order valence-electron chi connectivity index (χ2n) is 8.61. The van der Waals surface area contributed by atoms with E-state index in [9.17, 15) is 4.79 Å². The average molecular weight is 538 g/mol. The topological polar surface area (TPSA) is 120 Å². The van der Waals surface area contributed by atoms with Crippen LogP contribution in [0, 0.1) is 0 Å². The molecule has 3 aromatic carbocycles. The second kappa shape index (κ2) is 10.8. The van der Waals surface area contributed by atoms with Crippen molar-refractivity contribution >= 4 is 33.3 Å². The minimum Gasteiger partial charge on any atom is -0.493 e. The van der Waals surface area contributed by atoms with Crippen LogP contribution in [0.1, 0.15) is 5.69 Å². The number of anilines is 1. The molecule has 0 aliphatic heterocycles. The van der Waals surface area contributed by atoms with Crippen LogP contribution in [-0.4, -0.2) is 43.0 Å². The highest BCUT2D eigenvalue weighted by atomic mass is 32.1. The van der Waals surface area contributed by atoms with Gasteiger partial charge in [-0.15, -0.1) is 5.10 Å². The minimum absolute atomic E-state index is 0.0150. The van der Waals surface area contributed by atoms with Crippen molar-refractivity contribution in [1.82, 2.24) is 29.9 Å². The Labute approximate surface area is 227 Å². The number of nitrogens with one attached hydrogen (secondary N) is 2. The van der Waals surface area contributed by atoms with Gasteiger partial charge in [-0.1, -0.05) is 59.0 Å². The Morgan fingerprint density at radius 1 is 1.03 bits per heavy atom. The summed E-state index contributed by atoms with van der Waals surface area (Å²) >= 11 is 1.41. The monoisotopic (exact) mass is 537 g/mol. The molecular weight excluding hydrogens is 514 g/mol.